The number of rotatable bonds is 0. The van der Waals surface area contributed by atoms with Crippen LogP contribution in [0.5, 0.6) is 0 Å². The lowest BCUT2D eigenvalue weighted by Crippen LogP contribution is -2.79. The third kappa shape index (κ3) is 2.10. The molecule has 2 spiro atoms. The van der Waals surface area contributed by atoms with E-state index in [1.807, 2.05) is 0 Å². The fourth-order valence-corrected chi connectivity index (χ4v) is 10.6. The summed E-state index contributed by atoms with van der Waals surface area (Å²) in [5.41, 5.74) is -10.4. The smallest absolute Gasteiger partial charge is 0.342 e. The number of carbonyl (C=O) groups excluding carboxylic acids is 4. The number of Topliss-reactive ketones (excluding diaryl/α,β-unsaturated/α-hetero) is 1. The number of carbonyl (C=O) groups is 4. The number of fused-ring (bicyclic) bond motifs is 5. The second kappa shape index (κ2) is 6.49. The summed E-state index contributed by atoms with van der Waals surface area (Å²) >= 11 is 0. The maximum Gasteiger partial charge on any atom is 0.342 e. The molecule has 5 aliphatic heterocycles. The van der Waals surface area contributed by atoms with Crippen molar-refractivity contribution in [2.24, 2.45) is 34.5 Å². The first-order valence-electron chi connectivity index (χ1n) is 13.8. The Balaban J connectivity index is 1.43. The molecule has 210 valence electrons. The van der Waals surface area contributed by atoms with Gasteiger partial charge in [-0.3, -0.25) is 14.4 Å². The van der Waals surface area contributed by atoms with Crippen LogP contribution in [0.3, 0.4) is 0 Å². The Morgan fingerprint density at radius 1 is 1.05 bits per heavy atom. The van der Waals surface area contributed by atoms with Gasteiger partial charge in [-0.05, 0) is 63.4 Å². The van der Waals surface area contributed by atoms with Gasteiger partial charge in [0, 0.05) is 5.92 Å². The minimum atomic E-state index is -2.32. The summed E-state index contributed by atoms with van der Waals surface area (Å²) in [4.78, 5) is 55.5. The van der Waals surface area contributed by atoms with Crippen LogP contribution in [0.25, 0.3) is 0 Å². The van der Waals surface area contributed by atoms with Crippen LogP contribution >= 0.6 is 0 Å². The molecule has 39 heavy (non-hydrogen) atoms. The molecule has 2 saturated carbocycles. The lowest BCUT2D eigenvalue weighted by molar-refractivity contribution is -0.382. The first-order chi connectivity index (χ1) is 18.2. The molecule has 0 aromatic heterocycles. The molecule has 3 aliphatic carbocycles. The highest BCUT2D eigenvalue weighted by atomic mass is 16.8. The predicted octanol–water partition coefficient (Wildman–Crippen LogP) is -0.277. The zero-order valence-corrected chi connectivity index (χ0v) is 22.0. The zero-order chi connectivity index (χ0) is 27.8. The van der Waals surface area contributed by atoms with Gasteiger partial charge in [-0.1, -0.05) is 13.0 Å². The first kappa shape index (κ1) is 24.6. The highest BCUT2D eigenvalue weighted by Gasteiger charge is 2.93. The van der Waals surface area contributed by atoms with E-state index in [4.69, 9.17) is 18.9 Å². The van der Waals surface area contributed by atoms with Crippen LogP contribution < -0.4 is 0 Å². The molecule has 13 atom stereocenters. The maximum atomic E-state index is 14.9. The summed E-state index contributed by atoms with van der Waals surface area (Å²) in [5, 5.41) is 35.6. The van der Waals surface area contributed by atoms with E-state index >= 15 is 0 Å². The third-order valence-corrected chi connectivity index (χ3v) is 12.7. The molecular formula is C28H32O11. The Morgan fingerprint density at radius 2 is 1.79 bits per heavy atom. The van der Waals surface area contributed by atoms with Gasteiger partial charge in [0.15, 0.2) is 28.4 Å². The van der Waals surface area contributed by atoms with Crippen LogP contribution in [0.4, 0.5) is 0 Å². The van der Waals surface area contributed by atoms with Crippen LogP contribution in [-0.4, -0.2) is 85.8 Å². The number of esters is 2. The minimum Gasteiger partial charge on any atom is -0.458 e. The van der Waals surface area contributed by atoms with Crippen LogP contribution in [-0.2, 0) is 38.1 Å². The highest BCUT2D eigenvalue weighted by Crippen LogP contribution is 2.75. The molecular weight excluding hydrogens is 512 g/mol. The fraction of sp³-hybridized carbons (Fsp3) is 0.786. The van der Waals surface area contributed by atoms with Crippen molar-refractivity contribution in [3.63, 3.8) is 0 Å². The summed E-state index contributed by atoms with van der Waals surface area (Å²) in [6, 6.07) is 0. The summed E-state index contributed by atoms with van der Waals surface area (Å²) in [7, 11) is 0. The van der Waals surface area contributed by atoms with Crippen molar-refractivity contribution >= 4 is 23.5 Å². The number of aliphatic hydroxyl groups excluding tert-OH is 1. The molecule has 1 unspecified atom stereocenters. The van der Waals surface area contributed by atoms with Crippen LogP contribution in [0.15, 0.2) is 12.2 Å². The van der Waals surface area contributed by atoms with Crippen molar-refractivity contribution in [1.82, 2.24) is 0 Å². The Kier molecular flexibility index (Phi) is 4.09. The molecule has 11 nitrogen and oxygen atoms in total. The van der Waals surface area contributed by atoms with E-state index in [1.54, 1.807) is 20.8 Å². The molecule has 5 heterocycles. The van der Waals surface area contributed by atoms with E-state index in [-0.39, 0.29) is 38.7 Å². The van der Waals surface area contributed by atoms with Gasteiger partial charge >= 0.3 is 11.9 Å². The van der Waals surface area contributed by atoms with Crippen LogP contribution in [0.1, 0.15) is 52.9 Å². The quantitative estimate of drug-likeness (QED) is 0.344. The number of ether oxygens (including phenoxy) is 4. The molecule has 8 rings (SSSR count). The zero-order valence-electron chi connectivity index (χ0n) is 22.0. The van der Waals surface area contributed by atoms with Gasteiger partial charge in [0.25, 0.3) is 0 Å². The summed E-state index contributed by atoms with van der Waals surface area (Å²) < 4.78 is 24.9. The summed E-state index contributed by atoms with van der Waals surface area (Å²) in [6.45, 7) is 4.69. The first-order valence-corrected chi connectivity index (χ1v) is 13.8. The number of hydrogen-bond donors (Lipinski definition) is 3. The highest BCUT2D eigenvalue weighted by molar-refractivity contribution is 6.00. The van der Waals surface area contributed by atoms with Gasteiger partial charge in [-0.2, -0.15) is 0 Å². The average Bonchev–Trinajstić information content (AvgIpc) is 3.19. The minimum absolute atomic E-state index is 0.0207. The van der Waals surface area contributed by atoms with Gasteiger partial charge in [0.05, 0.1) is 30.0 Å². The molecule has 0 aromatic carbocycles. The van der Waals surface area contributed by atoms with Crippen LogP contribution in [0, 0.1) is 34.5 Å². The molecule has 0 aromatic rings. The number of ketones is 2. The Hall–Kier alpha value is -2.18. The van der Waals surface area contributed by atoms with E-state index in [2.05, 4.69) is 0 Å². The fourth-order valence-electron chi connectivity index (χ4n) is 10.6. The van der Waals surface area contributed by atoms with Gasteiger partial charge in [-0.25, -0.2) is 4.79 Å². The van der Waals surface area contributed by atoms with Gasteiger partial charge in [0.1, 0.15) is 11.7 Å². The second-order valence-electron chi connectivity index (χ2n) is 13.8. The molecule has 3 N–H and O–H groups in total. The lowest BCUT2D eigenvalue weighted by Gasteiger charge is -2.64. The third-order valence-electron chi connectivity index (χ3n) is 12.7. The Bertz CT molecular complexity index is 1330. The van der Waals surface area contributed by atoms with Gasteiger partial charge < -0.3 is 34.3 Å². The Morgan fingerprint density at radius 3 is 2.54 bits per heavy atom. The van der Waals surface area contributed by atoms with Crippen molar-refractivity contribution in [3.05, 3.63) is 12.2 Å². The van der Waals surface area contributed by atoms with E-state index in [9.17, 15) is 34.5 Å². The van der Waals surface area contributed by atoms with E-state index in [0.29, 0.717) is 0 Å². The second-order valence-corrected chi connectivity index (χ2v) is 13.8. The SMILES string of the molecule is C[C@@]12C[C@H]3OC(=O)[C@@H]1COC14O[C@@]5([C@H]2C1=O)[C@@]3(C)OC(=O)[C@@]5(O)CC[C@H]1[C@H]4C[C@@H](O)[C@@]2(O)CC=CC(=O)[C@]12C. The van der Waals surface area contributed by atoms with Crippen molar-refractivity contribution in [2.75, 3.05) is 6.61 Å². The van der Waals surface area contributed by atoms with Crippen molar-refractivity contribution in [3.8, 4) is 0 Å². The molecule has 5 saturated heterocycles. The molecule has 8 aliphatic rings. The molecule has 7 fully saturated rings. The molecule has 0 radical (unpaired) electrons. The standard InChI is InChI=1S/C28H32O11/c1-22-10-17-24(3)28-18(22)19(31)27(39-28,36-11-14(22)20(32)37-17)13-9-16(30)25(34)7-4-5-15(29)23(25,2)12(13)6-8-26(28,35)21(33)38-24/h4-5,12-14,16-18,30,34-35H,6-11H2,1-3H3/t12-,13+,14-,16+,17+,18-,22+,23-,24-,25-,26-,27?,28-/m0/s1. The average molecular weight is 545 g/mol. The topological polar surface area (TPSA) is 166 Å². The molecule has 11 heteroatoms. The van der Waals surface area contributed by atoms with Crippen LogP contribution in [0.2, 0.25) is 0 Å². The predicted molar refractivity (Wildman–Crippen MR) is 125 cm³/mol. The monoisotopic (exact) mass is 544 g/mol. The maximum absolute atomic E-state index is 14.9. The van der Waals surface area contributed by atoms with Crippen molar-refractivity contribution in [2.45, 2.75) is 93.3 Å². The van der Waals surface area contributed by atoms with Crippen molar-refractivity contribution < 1.29 is 53.4 Å². The van der Waals surface area contributed by atoms with E-state index < -0.39 is 98.4 Å². The number of hydrogen-bond acceptors (Lipinski definition) is 11. The number of allylic oxidation sites excluding steroid dienone is 1. The number of aliphatic hydroxyl groups is 3. The summed E-state index contributed by atoms with van der Waals surface area (Å²) in [5.74, 6) is -8.35. The summed E-state index contributed by atoms with van der Waals surface area (Å²) in [6.07, 6.45) is 0.491. The van der Waals surface area contributed by atoms with Gasteiger partial charge in [0.2, 0.25) is 5.79 Å². The van der Waals surface area contributed by atoms with E-state index in [1.165, 1.54) is 12.2 Å². The van der Waals surface area contributed by atoms with E-state index in [0.717, 1.165) is 0 Å². The lowest BCUT2D eigenvalue weighted by atomic mass is 9.46. The largest absolute Gasteiger partial charge is 0.458 e. The Labute approximate surface area is 223 Å². The molecule has 0 amide bonds. The normalized spacial score (nSPS) is 62.0. The van der Waals surface area contributed by atoms with Crippen molar-refractivity contribution in [1.29, 1.82) is 0 Å². The molecule has 5 bridgehead atoms. The van der Waals surface area contributed by atoms with Gasteiger partial charge in [-0.15, -0.1) is 0 Å².